The maximum atomic E-state index is 11.6. The summed E-state index contributed by atoms with van der Waals surface area (Å²) in [7, 11) is 0. The van der Waals surface area contributed by atoms with Gasteiger partial charge in [0.25, 0.3) is 0 Å². The molecular formula is C11H11BrN2O2. The summed E-state index contributed by atoms with van der Waals surface area (Å²) in [5, 5.41) is 5.99. The Balaban J connectivity index is 2.18. The van der Waals surface area contributed by atoms with Crippen LogP contribution in [0.4, 0.5) is 10.5 Å². The van der Waals surface area contributed by atoms with Crippen LogP contribution >= 0.6 is 15.9 Å². The average molecular weight is 283 g/mol. The van der Waals surface area contributed by atoms with Gasteiger partial charge in [0.15, 0.2) is 5.60 Å². The molecule has 1 fully saturated rings. The predicted octanol–water partition coefficient (Wildman–Crippen LogP) is 2.20. The van der Waals surface area contributed by atoms with Gasteiger partial charge in [0.2, 0.25) is 0 Å². The monoisotopic (exact) mass is 282 g/mol. The molecule has 1 atom stereocenters. The minimum atomic E-state index is -0.485. The second-order valence-electron chi connectivity index (χ2n) is 4.10. The number of benzene rings is 1. The van der Waals surface area contributed by atoms with E-state index in [0.717, 1.165) is 28.7 Å². The van der Waals surface area contributed by atoms with Crippen LogP contribution in [0.2, 0.25) is 0 Å². The van der Waals surface area contributed by atoms with Gasteiger partial charge in [-0.15, -0.1) is 0 Å². The van der Waals surface area contributed by atoms with Gasteiger partial charge in [-0.1, -0.05) is 12.1 Å². The van der Waals surface area contributed by atoms with E-state index >= 15 is 0 Å². The summed E-state index contributed by atoms with van der Waals surface area (Å²) in [6, 6.07) is 5.89. The van der Waals surface area contributed by atoms with Gasteiger partial charge in [-0.2, -0.15) is 0 Å². The summed E-state index contributed by atoms with van der Waals surface area (Å²) in [5.74, 6) is 0. The Labute approximate surface area is 101 Å². The SMILES string of the molecule is O=C1Nc2c(Br)cccc2C2(CCNC2)O1. The minimum Gasteiger partial charge on any atom is -0.436 e. The van der Waals surface area contributed by atoms with E-state index in [4.69, 9.17) is 4.74 Å². The molecule has 84 valence electrons. The van der Waals surface area contributed by atoms with Gasteiger partial charge in [0, 0.05) is 23.0 Å². The number of anilines is 1. The van der Waals surface area contributed by atoms with Gasteiger partial charge in [-0.3, -0.25) is 5.32 Å². The number of nitrogens with one attached hydrogen (secondary N) is 2. The molecule has 1 aromatic rings. The first-order chi connectivity index (χ1) is 7.71. The summed E-state index contributed by atoms with van der Waals surface area (Å²) in [5.41, 5.74) is 1.40. The molecule has 1 amide bonds. The van der Waals surface area contributed by atoms with Crippen molar-refractivity contribution >= 4 is 27.7 Å². The van der Waals surface area contributed by atoms with Gasteiger partial charge >= 0.3 is 6.09 Å². The Morgan fingerprint density at radius 1 is 1.44 bits per heavy atom. The Morgan fingerprint density at radius 3 is 3.06 bits per heavy atom. The Hall–Kier alpha value is -1.07. The van der Waals surface area contributed by atoms with E-state index < -0.39 is 5.60 Å². The fraction of sp³-hybridized carbons (Fsp3) is 0.364. The first kappa shape index (κ1) is 10.1. The fourth-order valence-electron chi connectivity index (χ4n) is 2.38. The van der Waals surface area contributed by atoms with Crippen LogP contribution in [0.3, 0.4) is 0 Å². The van der Waals surface area contributed by atoms with Crippen molar-refractivity contribution in [1.82, 2.24) is 5.32 Å². The van der Waals surface area contributed by atoms with Gasteiger partial charge in [-0.05, 0) is 28.5 Å². The van der Waals surface area contributed by atoms with Crippen LogP contribution in [-0.2, 0) is 10.3 Å². The largest absolute Gasteiger partial charge is 0.436 e. The quantitative estimate of drug-likeness (QED) is 0.767. The van der Waals surface area contributed by atoms with E-state index in [1.54, 1.807) is 0 Å². The van der Waals surface area contributed by atoms with Crippen LogP contribution < -0.4 is 10.6 Å². The van der Waals surface area contributed by atoms with Crippen molar-refractivity contribution in [3.63, 3.8) is 0 Å². The summed E-state index contributed by atoms with van der Waals surface area (Å²) in [4.78, 5) is 11.6. The molecule has 2 N–H and O–H groups in total. The number of para-hydroxylation sites is 1. The number of hydrogen-bond acceptors (Lipinski definition) is 3. The molecule has 1 unspecified atom stereocenters. The number of fused-ring (bicyclic) bond motifs is 2. The Morgan fingerprint density at radius 2 is 2.31 bits per heavy atom. The number of rotatable bonds is 0. The molecule has 1 saturated heterocycles. The second kappa shape index (κ2) is 3.46. The number of halogens is 1. The molecule has 0 radical (unpaired) electrons. The third-order valence-electron chi connectivity index (χ3n) is 3.14. The highest BCUT2D eigenvalue weighted by Gasteiger charge is 2.44. The lowest BCUT2D eigenvalue weighted by atomic mass is 9.90. The lowest BCUT2D eigenvalue weighted by Gasteiger charge is -2.35. The van der Waals surface area contributed by atoms with Gasteiger partial charge in [0.1, 0.15) is 0 Å². The number of carbonyl (C=O) groups is 1. The topological polar surface area (TPSA) is 50.4 Å². The maximum absolute atomic E-state index is 11.6. The Kier molecular flexibility index (Phi) is 2.19. The van der Waals surface area contributed by atoms with Crippen LogP contribution in [0.25, 0.3) is 0 Å². The molecular weight excluding hydrogens is 272 g/mol. The molecule has 2 heterocycles. The second-order valence-corrected chi connectivity index (χ2v) is 4.95. The van der Waals surface area contributed by atoms with Crippen LogP contribution in [0.15, 0.2) is 22.7 Å². The van der Waals surface area contributed by atoms with E-state index in [1.807, 2.05) is 18.2 Å². The van der Waals surface area contributed by atoms with E-state index in [0.29, 0.717) is 6.54 Å². The molecule has 3 rings (SSSR count). The highest BCUT2D eigenvalue weighted by atomic mass is 79.9. The van der Waals surface area contributed by atoms with Crippen LogP contribution in [0.5, 0.6) is 0 Å². The highest BCUT2D eigenvalue weighted by molar-refractivity contribution is 9.10. The number of hydrogen-bond donors (Lipinski definition) is 2. The third-order valence-corrected chi connectivity index (χ3v) is 3.80. The van der Waals surface area contributed by atoms with Crippen LogP contribution in [0, 0.1) is 0 Å². The smallest absolute Gasteiger partial charge is 0.412 e. The number of ether oxygens (including phenoxy) is 1. The summed E-state index contributed by atoms with van der Waals surface area (Å²) < 4.78 is 6.38. The molecule has 1 aromatic carbocycles. The van der Waals surface area contributed by atoms with Crippen molar-refractivity contribution in [1.29, 1.82) is 0 Å². The van der Waals surface area contributed by atoms with Crippen molar-refractivity contribution in [3.8, 4) is 0 Å². The molecule has 0 saturated carbocycles. The molecule has 0 aromatic heterocycles. The van der Waals surface area contributed by atoms with E-state index in [-0.39, 0.29) is 6.09 Å². The zero-order chi connectivity index (χ0) is 11.2. The van der Waals surface area contributed by atoms with Crippen molar-refractivity contribution in [2.75, 3.05) is 18.4 Å². The lowest BCUT2D eigenvalue weighted by Crippen LogP contribution is -2.41. The standard InChI is InChI=1S/C11H11BrN2O2/c12-8-3-1-2-7-9(8)14-10(15)16-11(7)4-5-13-6-11/h1-3,13H,4-6H2,(H,14,15). The lowest BCUT2D eigenvalue weighted by molar-refractivity contribution is 0.0277. The summed E-state index contributed by atoms with van der Waals surface area (Å²) in [6.45, 7) is 1.56. The zero-order valence-electron chi connectivity index (χ0n) is 8.55. The maximum Gasteiger partial charge on any atom is 0.412 e. The van der Waals surface area contributed by atoms with E-state index in [9.17, 15) is 4.79 Å². The molecule has 5 heteroatoms. The average Bonchev–Trinajstić information content (AvgIpc) is 2.69. The van der Waals surface area contributed by atoms with Crippen molar-refractivity contribution < 1.29 is 9.53 Å². The van der Waals surface area contributed by atoms with Crippen molar-refractivity contribution in [3.05, 3.63) is 28.2 Å². The van der Waals surface area contributed by atoms with Gasteiger partial charge in [0.05, 0.1) is 5.69 Å². The van der Waals surface area contributed by atoms with Gasteiger partial charge in [-0.25, -0.2) is 4.79 Å². The summed E-state index contributed by atoms with van der Waals surface area (Å²) >= 11 is 3.45. The first-order valence-electron chi connectivity index (χ1n) is 5.21. The molecule has 4 nitrogen and oxygen atoms in total. The van der Waals surface area contributed by atoms with E-state index in [1.165, 1.54) is 0 Å². The van der Waals surface area contributed by atoms with Gasteiger partial charge < -0.3 is 10.1 Å². The normalized spacial score (nSPS) is 27.4. The molecule has 1 spiro atoms. The Bertz CT molecular complexity index is 455. The van der Waals surface area contributed by atoms with Crippen LogP contribution in [-0.4, -0.2) is 19.2 Å². The third kappa shape index (κ3) is 1.35. The highest BCUT2D eigenvalue weighted by Crippen LogP contribution is 2.42. The molecule has 0 aliphatic carbocycles. The van der Waals surface area contributed by atoms with E-state index in [2.05, 4.69) is 26.6 Å². The summed E-state index contributed by atoms with van der Waals surface area (Å²) in [6.07, 6.45) is 0.451. The molecule has 2 aliphatic rings. The van der Waals surface area contributed by atoms with Crippen LogP contribution in [0.1, 0.15) is 12.0 Å². The predicted molar refractivity (Wildman–Crippen MR) is 63.4 cm³/mol. The fourth-order valence-corrected chi connectivity index (χ4v) is 2.84. The minimum absolute atomic E-state index is 0.372. The molecule has 2 aliphatic heterocycles. The molecule has 16 heavy (non-hydrogen) atoms. The number of amides is 1. The molecule has 0 bridgehead atoms. The van der Waals surface area contributed by atoms with Crippen molar-refractivity contribution in [2.45, 2.75) is 12.0 Å². The van der Waals surface area contributed by atoms with Crippen molar-refractivity contribution in [2.24, 2.45) is 0 Å². The zero-order valence-corrected chi connectivity index (χ0v) is 10.1. The number of carbonyl (C=O) groups excluding carboxylic acids is 1. The first-order valence-corrected chi connectivity index (χ1v) is 6.00.